The van der Waals surface area contributed by atoms with E-state index < -0.39 is 30.1 Å². The molecule has 2 rings (SSSR count). The first-order valence-electron chi connectivity index (χ1n) is 11.4. The molecule has 0 radical (unpaired) electrons. The number of hydrogen-bond acceptors (Lipinski definition) is 6. The first-order chi connectivity index (χ1) is 16.3. The maximum absolute atomic E-state index is 13.1. The van der Waals surface area contributed by atoms with Crippen LogP contribution >= 0.6 is 0 Å². The van der Waals surface area contributed by atoms with E-state index in [0.717, 1.165) is 11.1 Å². The molecule has 184 valence electrons. The van der Waals surface area contributed by atoms with Crippen LogP contribution in [-0.2, 0) is 32.1 Å². The molecule has 8 nitrogen and oxygen atoms in total. The SMILES string of the molecule is CCOC(=O)C(O)CN(CC(C)C)C(=O)N[C@@H](Cc1ccccc1)C(=O)OCc1ccccc1. The minimum atomic E-state index is -1.48. The van der Waals surface area contributed by atoms with Crippen molar-refractivity contribution in [3.8, 4) is 0 Å². The number of esters is 2. The average molecular weight is 471 g/mol. The Kier molecular flexibility index (Phi) is 11.1. The fourth-order valence-corrected chi connectivity index (χ4v) is 3.32. The van der Waals surface area contributed by atoms with E-state index >= 15 is 0 Å². The number of hydrogen-bond donors (Lipinski definition) is 2. The first kappa shape index (κ1) is 26.9. The van der Waals surface area contributed by atoms with E-state index in [-0.39, 0.29) is 38.6 Å². The summed E-state index contributed by atoms with van der Waals surface area (Å²) in [4.78, 5) is 39.2. The highest BCUT2D eigenvalue weighted by Gasteiger charge is 2.28. The lowest BCUT2D eigenvalue weighted by molar-refractivity contribution is -0.153. The number of amides is 2. The molecule has 0 aromatic heterocycles. The van der Waals surface area contributed by atoms with E-state index in [9.17, 15) is 19.5 Å². The summed E-state index contributed by atoms with van der Waals surface area (Å²) in [6, 6.07) is 17.0. The third kappa shape index (κ3) is 9.23. The summed E-state index contributed by atoms with van der Waals surface area (Å²) in [5, 5.41) is 12.9. The van der Waals surface area contributed by atoms with Gasteiger partial charge in [-0.1, -0.05) is 74.5 Å². The van der Waals surface area contributed by atoms with E-state index in [2.05, 4.69) is 5.32 Å². The van der Waals surface area contributed by atoms with Gasteiger partial charge in [-0.25, -0.2) is 14.4 Å². The van der Waals surface area contributed by atoms with Crippen molar-refractivity contribution in [2.24, 2.45) is 5.92 Å². The number of nitrogens with one attached hydrogen (secondary N) is 1. The van der Waals surface area contributed by atoms with Crippen LogP contribution in [0, 0.1) is 5.92 Å². The topological polar surface area (TPSA) is 105 Å². The van der Waals surface area contributed by atoms with Crippen molar-refractivity contribution >= 4 is 18.0 Å². The molecule has 0 fully saturated rings. The molecule has 2 aromatic carbocycles. The van der Waals surface area contributed by atoms with Gasteiger partial charge in [-0.15, -0.1) is 0 Å². The average Bonchev–Trinajstić information content (AvgIpc) is 2.82. The maximum atomic E-state index is 13.1. The molecular weight excluding hydrogens is 436 g/mol. The molecule has 0 aliphatic rings. The Morgan fingerprint density at radius 2 is 1.47 bits per heavy atom. The number of rotatable bonds is 12. The van der Waals surface area contributed by atoms with Gasteiger partial charge in [-0.2, -0.15) is 0 Å². The molecule has 2 amide bonds. The van der Waals surface area contributed by atoms with Crippen molar-refractivity contribution in [3.05, 3.63) is 71.8 Å². The van der Waals surface area contributed by atoms with Crippen LogP contribution in [0.3, 0.4) is 0 Å². The Balaban J connectivity index is 2.14. The molecule has 8 heteroatoms. The first-order valence-corrected chi connectivity index (χ1v) is 11.4. The van der Waals surface area contributed by atoms with E-state index in [1.54, 1.807) is 6.92 Å². The number of aliphatic hydroxyl groups is 1. The van der Waals surface area contributed by atoms with E-state index in [0.29, 0.717) is 0 Å². The Morgan fingerprint density at radius 3 is 2.03 bits per heavy atom. The molecule has 34 heavy (non-hydrogen) atoms. The number of carbonyl (C=O) groups excluding carboxylic acids is 3. The van der Waals surface area contributed by atoms with Crippen molar-refractivity contribution in [2.75, 3.05) is 19.7 Å². The van der Waals surface area contributed by atoms with Gasteiger partial charge in [-0.3, -0.25) is 0 Å². The number of aliphatic hydroxyl groups excluding tert-OH is 1. The summed E-state index contributed by atoms with van der Waals surface area (Å²) in [7, 11) is 0. The van der Waals surface area contributed by atoms with Crippen molar-refractivity contribution in [1.29, 1.82) is 0 Å². The smallest absolute Gasteiger partial charge is 0.336 e. The summed E-state index contributed by atoms with van der Waals surface area (Å²) in [5.74, 6) is -1.30. The van der Waals surface area contributed by atoms with Crippen LogP contribution < -0.4 is 5.32 Å². The van der Waals surface area contributed by atoms with Gasteiger partial charge < -0.3 is 24.8 Å². The van der Waals surface area contributed by atoms with Crippen LogP contribution in [0.25, 0.3) is 0 Å². The van der Waals surface area contributed by atoms with E-state index in [1.807, 2.05) is 74.5 Å². The normalized spacial score (nSPS) is 12.5. The Bertz CT molecular complexity index is 904. The standard InChI is InChI=1S/C26H34N2O6/c1-4-33-25(31)23(29)17-28(16-19(2)3)26(32)27-22(15-20-11-7-5-8-12-20)24(30)34-18-21-13-9-6-10-14-21/h5-14,19,22-23,29H,4,15-18H2,1-3H3,(H,27,32)/t22-,23?/m0/s1. The van der Waals surface area contributed by atoms with Gasteiger partial charge in [0.05, 0.1) is 13.2 Å². The number of ether oxygens (including phenoxy) is 2. The zero-order chi connectivity index (χ0) is 24.9. The molecule has 0 aliphatic carbocycles. The predicted molar refractivity (Wildman–Crippen MR) is 128 cm³/mol. The van der Waals surface area contributed by atoms with E-state index in [4.69, 9.17) is 9.47 Å². The summed E-state index contributed by atoms with van der Waals surface area (Å²) < 4.78 is 10.3. The van der Waals surface area contributed by atoms with Crippen LogP contribution in [0.5, 0.6) is 0 Å². The molecule has 2 N–H and O–H groups in total. The van der Waals surface area contributed by atoms with Gasteiger partial charge in [0.15, 0.2) is 6.10 Å². The summed E-state index contributed by atoms with van der Waals surface area (Å²) in [5.41, 5.74) is 1.69. The van der Waals surface area contributed by atoms with Crippen molar-refractivity contribution in [3.63, 3.8) is 0 Å². The maximum Gasteiger partial charge on any atom is 0.336 e. The minimum absolute atomic E-state index is 0.0674. The van der Waals surface area contributed by atoms with Crippen LogP contribution in [-0.4, -0.2) is 59.8 Å². The molecule has 0 spiro atoms. The largest absolute Gasteiger partial charge is 0.464 e. The molecule has 0 saturated carbocycles. The predicted octanol–water partition coefficient (Wildman–Crippen LogP) is 2.93. The van der Waals surface area contributed by atoms with E-state index in [1.165, 1.54) is 4.90 Å². The van der Waals surface area contributed by atoms with Gasteiger partial charge in [0.2, 0.25) is 0 Å². The number of carbonyl (C=O) groups is 3. The Hall–Kier alpha value is -3.39. The summed E-state index contributed by atoms with van der Waals surface area (Å²) >= 11 is 0. The molecule has 2 aromatic rings. The Labute approximate surface area is 200 Å². The molecule has 0 heterocycles. The fourth-order valence-electron chi connectivity index (χ4n) is 3.32. The van der Waals surface area contributed by atoms with Gasteiger partial charge in [-0.05, 0) is 24.0 Å². The second-order valence-electron chi connectivity index (χ2n) is 8.35. The van der Waals surface area contributed by atoms with Gasteiger partial charge in [0.25, 0.3) is 0 Å². The van der Waals surface area contributed by atoms with Gasteiger partial charge in [0, 0.05) is 13.0 Å². The fraction of sp³-hybridized carbons (Fsp3) is 0.423. The second kappa shape index (κ2) is 14.0. The molecule has 2 atom stereocenters. The molecule has 0 aliphatic heterocycles. The van der Waals surface area contributed by atoms with Crippen LogP contribution in [0.15, 0.2) is 60.7 Å². The van der Waals surface area contributed by atoms with Crippen LogP contribution in [0.2, 0.25) is 0 Å². The highest BCUT2D eigenvalue weighted by Crippen LogP contribution is 2.09. The van der Waals surface area contributed by atoms with Crippen molar-refractivity contribution in [1.82, 2.24) is 10.2 Å². The minimum Gasteiger partial charge on any atom is -0.464 e. The molecule has 1 unspecified atom stereocenters. The lowest BCUT2D eigenvalue weighted by atomic mass is 10.1. The Morgan fingerprint density at radius 1 is 0.882 bits per heavy atom. The molecular formula is C26H34N2O6. The second-order valence-corrected chi connectivity index (χ2v) is 8.35. The van der Waals surface area contributed by atoms with Crippen molar-refractivity contribution in [2.45, 2.75) is 45.9 Å². The highest BCUT2D eigenvalue weighted by atomic mass is 16.5. The molecule has 0 bridgehead atoms. The summed E-state index contributed by atoms with van der Waals surface area (Å²) in [6.07, 6.45) is -1.25. The zero-order valence-electron chi connectivity index (χ0n) is 20.0. The van der Waals surface area contributed by atoms with Crippen LogP contribution in [0.1, 0.15) is 31.9 Å². The highest BCUT2D eigenvalue weighted by molar-refractivity contribution is 5.84. The third-order valence-corrected chi connectivity index (χ3v) is 4.91. The summed E-state index contributed by atoms with van der Waals surface area (Å²) in [6.45, 7) is 5.69. The number of nitrogens with zero attached hydrogens (tertiary/aromatic N) is 1. The lowest BCUT2D eigenvalue weighted by Gasteiger charge is -2.28. The van der Waals surface area contributed by atoms with Gasteiger partial charge in [0.1, 0.15) is 12.6 Å². The quantitative estimate of drug-likeness (QED) is 0.462. The third-order valence-electron chi connectivity index (χ3n) is 4.91. The van der Waals surface area contributed by atoms with Crippen LogP contribution in [0.4, 0.5) is 4.79 Å². The van der Waals surface area contributed by atoms with Crippen molar-refractivity contribution < 1.29 is 29.0 Å². The zero-order valence-corrected chi connectivity index (χ0v) is 20.0. The number of benzene rings is 2. The van der Waals surface area contributed by atoms with Gasteiger partial charge >= 0.3 is 18.0 Å². The molecule has 0 saturated heterocycles. The lowest BCUT2D eigenvalue weighted by Crippen LogP contribution is -2.52. The number of urea groups is 1. The monoisotopic (exact) mass is 470 g/mol.